The Balaban J connectivity index is 1.85. The fourth-order valence-electron chi connectivity index (χ4n) is 2.64. The lowest BCUT2D eigenvalue weighted by atomic mass is 10.0. The van der Waals surface area contributed by atoms with Gasteiger partial charge in [0.2, 0.25) is 0 Å². The number of nitrogens with one attached hydrogen (secondary N) is 1. The topological polar surface area (TPSA) is 54.2 Å². The molecule has 1 aromatic carbocycles. The molecule has 1 aliphatic rings. The van der Waals surface area contributed by atoms with Gasteiger partial charge in [0.05, 0.1) is 0 Å². The van der Waals surface area contributed by atoms with Crippen molar-refractivity contribution in [2.45, 2.75) is 6.92 Å². The Labute approximate surface area is 119 Å². The second-order valence-electron chi connectivity index (χ2n) is 5.22. The van der Waals surface area contributed by atoms with Crippen molar-refractivity contribution in [3.8, 4) is 11.1 Å². The van der Waals surface area contributed by atoms with Gasteiger partial charge in [0, 0.05) is 43.6 Å². The minimum absolute atomic E-state index is 0.802. The van der Waals surface area contributed by atoms with Gasteiger partial charge in [-0.3, -0.25) is 0 Å². The largest absolute Gasteiger partial charge is 0.399 e. The van der Waals surface area contributed by atoms with Gasteiger partial charge in [-0.2, -0.15) is 0 Å². The van der Waals surface area contributed by atoms with Gasteiger partial charge in [-0.15, -0.1) is 0 Å². The van der Waals surface area contributed by atoms with Gasteiger partial charge in [0.1, 0.15) is 5.82 Å². The van der Waals surface area contributed by atoms with Crippen molar-refractivity contribution >= 4 is 11.5 Å². The normalized spacial score (nSPS) is 15.3. The van der Waals surface area contributed by atoms with E-state index in [2.05, 4.69) is 40.3 Å². The van der Waals surface area contributed by atoms with Crippen molar-refractivity contribution in [1.82, 2.24) is 10.3 Å². The molecular weight excluding hydrogens is 248 g/mol. The first-order valence-electron chi connectivity index (χ1n) is 7.02. The van der Waals surface area contributed by atoms with E-state index in [0.29, 0.717) is 0 Å². The lowest BCUT2D eigenvalue weighted by molar-refractivity contribution is 0.585. The zero-order chi connectivity index (χ0) is 13.9. The number of aromatic nitrogens is 1. The van der Waals surface area contributed by atoms with Crippen molar-refractivity contribution < 1.29 is 0 Å². The van der Waals surface area contributed by atoms with Crippen LogP contribution in [0.1, 0.15) is 5.56 Å². The molecule has 1 fully saturated rings. The van der Waals surface area contributed by atoms with Crippen molar-refractivity contribution in [2.24, 2.45) is 0 Å². The minimum atomic E-state index is 0.802. The molecule has 3 N–H and O–H groups in total. The summed E-state index contributed by atoms with van der Waals surface area (Å²) in [5, 5.41) is 3.35. The summed E-state index contributed by atoms with van der Waals surface area (Å²) in [6.07, 6.45) is 1.95. The highest BCUT2D eigenvalue weighted by molar-refractivity contribution is 5.69. The average Bonchev–Trinajstić information content (AvgIpc) is 2.48. The van der Waals surface area contributed by atoms with E-state index >= 15 is 0 Å². The van der Waals surface area contributed by atoms with Crippen LogP contribution < -0.4 is 16.0 Å². The fraction of sp³-hybridized carbons (Fsp3) is 0.312. The van der Waals surface area contributed by atoms with E-state index in [1.54, 1.807) is 0 Å². The highest BCUT2D eigenvalue weighted by Gasteiger charge is 2.11. The molecule has 1 aliphatic heterocycles. The molecule has 20 heavy (non-hydrogen) atoms. The van der Waals surface area contributed by atoms with Gasteiger partial charge >= 0.3 is 0 Å². The first kappa shape index (κ1) is 12.9. The minimum Gasteiger partial charge on any atom is -0.399 e. The van der Waals surface area contributed by atoms with Gasteiger partial charge in [-0.05, 0) is 42.3 Å². The summed E-state index contributed by atoms with van der Waals surface area (Å²) in [5.41, 5.74) is 10.1. The summed E-state index contributed by atoms with van der Waals surface area (Å²) in [5.74, 6) is 1.06. The Kier molecular flexibility index (Phi) is 3.56. The number of nitrogens with zero attached hydrogens (tertiary/aromatic N) is 2. The maximum absolute atomic E-state index is 5.80. The van der Waals surface area contributed by atoms with Crippen LogP contribution >= 0.6 is 0 Å². The van der Waals surface area contributed by atoms with E-state index in [1.807, 2.05) is 18.3 Å². The molecule has 2 aromatic rings. The first-order chi connectivity index (χ1) is 9.74. The molecule has 2 heterocycles. The standard InChI is InChI=1S/C16H20N4/c1-12-10-14(17)3-4-15(12)13-2-5-16(19-11-13)20-8-6-18-7-9-20/h2-5,10-11,18H,6-9,17H2,1H3. The second kappa shape index (κ2) is 5.51. The Bertz CT molecular complexity index is 586. The van der Waals surface area contributed by atoms with E-state index in [9.17, 15) is 0 Å². The maximum atomic E-state index is 5.80. The fourth-order valence-corrected chi connectivity index (χ4v) is 2.64. The molecule has 4 heteroatoms. The molecule has 0 atom stereocenters. The monoisotopic (exact) mass is 268 g/mol. The molecule has 0 amide bonds. The molecule has 104 valence electrons. The third kappa shape index (κ3) is 2.60. The smallest absolute Gasteiger partial charge is 0.128 e. The summed E-state index contributed by atoms with van der Waals surface area (Å²) in [6, 6.07) is 10.2. The molecule has 3 rings (SSSR count). The van der Waals surface area contributed by atoms with Gasteiger partial charge in [-0.25, -0.2) is 4.98 Å². The van der Waals surface area contributed by atoms with E-state index in [1.165, 1.54) is 11.1 Å². The summed E-state index contributed by atoms with van der Waals surface area (Å²) >= 11 is 0. The van der Waals surface area contributed by atoms with E-state index < -0.39 is 0 Å². The molecule has 0 aliphatic carbocycles. The Morgan fingerprint density at radius 3 is 2.60 bits per heavy atom. The first-order valence-corrected chi connectivity index (χ1v) is 7.02. The quantitative estimate of drug-likeness (QED) is 0.819. The van der Waals surface area contributed by atoms with Crippen LogP contribution in [0, 0.1) is 6.92 Å². The summed E-state index contributed by atoms with van der Waals surface area (Å²) < 4.78 is 0. The molecule has 4 nitrogen and oxygen atoms in total. The van der Waals surface area contributed by atoms with Crippen LogP contribution in [0.5, 0.6) is 0 Å². The lowest BCUT2D eigenvalue weighted by Gasteiger charge is -2.28. The van der Waals surface area contributed by atoms with E-state index in [0.717, 1.165) is 43.2 Å². The SMILES string of the molecule is Cc1cc(N)ccc1-c1ccc(N2CCNCC2)nc1. The number of nitrogens with two attached hydrogens (primary N) is 1. The van der Waals surface area contributed by atoms with Crippen molar-refractivity contribution in [3.05, 3.63) is 42.1 Å². The average molecular weight is 268 g/mol. The van der Waals surface area contributed by atoms with Crippen LogP contribution in [0.25, 0.3) is 11.1 Å². The van der Waals surface area contributed by atoms with Gasteiger partial charge in [0.15, 0.2) is 0 Å². The summed E-state index contributed by atoms with van der Waals surface area (Å²) in [6.45, 7) is 6.18. The number of benzene rings is 1. The van der Waals surface area contributed by atoms with Crippen LogP contribution in [-0.2, 0) is 0 Å². The van der Waals surface area contributed by atoms with Crippen molar-refractivity contribution in [2.75, 3.05) is 36.8 Å². The zero-order valence-corrected chi connectivity index (χ0v) is 11.8. The third-order valence-corrected chi connectivity index (χ3v) is 3.75. The number of hydrogen-bond donors (Lipinski definition) is 2. The molecule has 0 spiro atoms. The molecule has 0 bridgehead atoms. The van der Waals surface area contributed by atoms with Crippen LogP contribution in [0.15, 0.2) is 36.5 Å². The van der Waals surface area contributed by atoms with E-state index in [-0.39, 0.29) is 0 Å². The molecule has 1 aromatic heterocycles. The third-order valence-electron chi connectivity index (χ3n) is 3.75. The summed E-state index contributed by atoms with van der Waals surface area (Å²) in [4.78, 5) is 6.92. The number of piperazine rings is 1. The number of hydrogen-bond acceptors (Lipinski definition) is 4. The molecule has 1 saturated heterocycles. The predicted molar refractivity (Wildman–Crippen MR) is 83.9 cm³/mol. The predicted octanol–water partition coefficient (Wildman–Crippen LogP) is 2.05. The Morgan fingerprint density at radius 2 is 1.95 bits per heavy atom. The number of aryl methyl sites for hydroxylation is 1. The number of anilines is 2. The molecule has 0 saturated carbocycles. The molecular formula is C16H20N4. The van der Waals surface area contributed by atoms with Crippen LogP contribution in [0.4, 0.5) is 11.5 Å². The van der Waals surface area contributed by atoms with Gasteiger partial charge in [0.25, 0.3) is 0 Å². The van der Waals surface area contributed by atoms with Crippen LogP contribution in [0.2, 0.25) is 0 Å². The Morgan fingerprint density at radius 1 is 1.15 bits per heavy atom. The zero-order valence-electron chi connectivity index (χ0n) is 11.8. The highest BCUT2D eigenvalue weighted by Crippen LogP contribution is 2.25. The number of nitrogen functional groups attached to an aromatic ring is 1. The Hall–Kier alpha value is -2.07. The molecule has 0 radical (unpaired) electrons. The highest BCUT2D eigenvalue weighted by atomic mass is 15.2. The second-order valence-corrected chi connectivity index (χ2v) is 5.22. The van der Waals surface area contributed by atoms with Gasteiger partial charge < -0.3 is 16.0 Å². The van der Waals surface area contributed by atoms with Crippen LogP contribution in [0.3, 0.4) is 0 Å². The lowest BCUT2D eigenvalue weighted by Crippen LogP contribution is -2.43. The van der Waals surface area contributed by atoms with Gasteiger partial charge in [-0.1, -0.05) is 6.07 Å². The van der Waals surface area contributed by atoms with Crippen molar-refractivity contribution in [3.63, 3.8) is 0 Å². The van der Waals surface area contributed by atoms with E-state index in [4.69, 9.17) is 5.73 Å². The maximum Gasteiger partial charge on any atom is 0.128 e. The number of rotatable bonds is 2. The molecule has 0 unspecified atom stereocenters. The van der Waals surface area contributed by atoms with Crippen molar-refractivity contribution in [1.29, 1.82) is 0 Å². The van der Waals surface area contributed by atoms with Crippen LogP contribution in [-0.4, -0.2) is 31.2 Å². The summed E-state index contributed by atoms with van der Waals surface area (Å²) in [7, 11) is 0. The number of pyridine rings is 1.